The van der Waals surface area contributed by atoms with Crippen LogP contribution in [0.1, 0.15) is 22.3 Å². The summed E-state index contributed by atoms with van der Waals surface area (Å²) >= 11 is 0. The molecule has 5 atom stereocenters. The Balaban J connectivity index is 1.62. The summed E-state index contributed by atoms with van der Waals surface area (Å²) in [7, 11) is 0. The highest BCUT2D eigenvalue weighted by Gasteiger charge is 2.88. The van der Waals surface area contributed by atoms with Crippen molar-refractivity contribution in [3.8, 4) is 0 Å². The van der Waals surface area contributed by atoms with Crippen molar-refractivity contribution in [3.05, 3.63) is 155 Å². The number of allylic oxidation sites excluding steroid dienone is 5. The van der Waals surface area contributed by atoms with Crippen molar-refractivity contribution in [2.75, 3.05) is 0 Å². The first kappa shape index (κ1) is 17.2. The quantitative estimate of drug-likeness (QED) is 0.442. The van der Waals surface area contributed by atoms with Gasteiger partial charge >= 0.3 is 0 Å². The van der Waals surface area contributed by atoms with Crippen molar-refractivity contribution >= 4 is 0 Å². The van der Waals surface area contributed by atoms with Crippen molar-refractivity contribution in [1.82, 2.24) is 0 Å². The average molecular weight is 411 g/mol. The minimum absolute atomic E-state index is 0.199. The second-order valence-corrected chi connectivity index (χ2v) is 9.64. The molecule has 3 aliphatic carbocycles. The molecule has 3 unspecified atom stereocenters. The SMILES string of the molecule is C1=CC2=CC3C=CC4(C=C1)C23[C@]1(c2ccccc2)O[C@@]4(c2ccccc2)c2ccccc21. The second-order valence-electron chi connectivity index (χ2n) is 9.64. The maximum Gasteiger partial charge on any atom is 0.134 e. The smallest absolute Gasteiger partial charge is 0.134 e. The van der Waals surface area contributed by atoms with Crippen LogP contribution in [0, 0.1) is 16.7 Å². The topological polar surface area (TPSA) is 9.23 Å². The van der Waals surface area contributed by atoms with Crippen LogP contribution in [0.2, 0.25) is 0 Å². The Kier molecular flexibility index (Phi) is 2.85. The molecule has 2 bridgehead atoms. The lowest BCUT2D eigenvalue weighted by atomic mass is 9.38. The van der Waals surface area contributed by atoms with Crippen LogP contribution in [0.5, 0.6) is 0 Å². The molecule has 1 spiro atoms. The summed E-state index contributed by atoms with van der Waals surface area (Å²) in [5, 5.41) is 0. The zero-order chi connectivity index (χ0) is 21.0. The summed E-state index contributed by atoms with van der Waals surface area (Å²) in [4.78, 5) is 0. The van der Waals surface area contributed by atoms with Crippen LogP contribution in [0.3, 0.4) is 0 Å². The Morgan fingerprint density at radius 3 is 1.97 bits per heavy atom. The maximum absolute atomic E-state index is 7.66. The summed E-state index contributed by atoms with van der Waals surface area (Å²) in [5.41, 5.74) is 4.83. The van der Waals surface area contributed by atoms with E-state index >= 15 is 0 Å². The summed E-state index contributed by atoms with van der Waals surface area (Å²) in [6.45, 7) is 0. The zero-order valence-corrected chi connectivity index (χ0v) is 17.6. The van der Waals surface area contributed by atoms with Crippen LogP contribution in [0.15, 0.2) is 133 Å². The lowest BCUT2D eigenvalue weighted by Gasteiger charge is -2.60. The van der Waals surface area contributed by atoms with E-state index in [-0.39, 0.29) is 10.8 Å². The van der Waals surface area contributed by atoms with Gasteiger partial charge in [0.05, 0.1) is 10.8 Å². The predicted octanol–water partition coefficient (Wildman–Crippen LogP) is 6.44. The number of rotatable bonds is 2. The maximum atomic E-state index is 7.66. The minimum atomic E-state index is -0.589. The molecule has 5 aliphatic rings. The molecular weight excluding hydrogens is 388 g/mol. The lowest BCUT2D eigenvalue weighted by molar-refractivity contribution is -0.0758. The van der Waals surface area contributed by atoms with Gasteiger partial charge in [0.2, 0.25) is 0 Å². The molecule has 0 radical (unpaired) electrons. The fourth-order valence-corrected chi connectivity index (χ4v) is 7.91. The van der Waals surface area contributed by atoms with Gasteiger partial charge in [0.25, 0.3) is 0 Å². The summed E-state index contributed by atoms with van der Waals surface area (Å²) < 4.78 is 7.66. The van der Waals surface area contributed by atoms with E-state index in [1.54, 1.807) is 0 Å². The number of hydrogen-bond donors (Lipinski definition) is 0. The lowest BCUT2D eigenvalue weighted by Crippen LogP contribution is -2.60. The van der Waals surface area contributed by atoms with E-state index in [0.717, 1.165) is 0 Å². The third kappa shape index (κ3) is 1.42. The first-order valence-electron chi connectivity index (χ1n) is 11.5. The number of ether oxygens (including phenoxy) is 1. The van der Waals surface area contributed by atoms with E-state index in [1.165, 1.54) is 27.8 Å². The van der Waals surface area contributed by atoms with Crippen LogP contribution < -0.4 is 0 Å². The monoisotopic (exact) mass is 410 g/mol. The van der Waals surface area contributed by atoms with Crippen molar-refractivity contribution in [1.29, 1.82) is 0 Å². The molecule has 2 aliphatic heterocycles. The molecule has 2 heterocycles. The Morgan fingerprint density at radius 1 is 0.625 bits per heavy atom. The van der Waals surface area contributed by atoms with E-state index in [9.17, 15) is 0 Å². The van der Waals surface area contributed by atoms with Gasteiger partial charge in [-0.05, 0) is 27.8 Å². The molecule has 1 nitrogen and oxygen atoms in total. The van der Waals surface area contributed by atoms with E-state index < -0.39 is 11.2 Å². The molecule has 3 aromatic carbocycles. The zero-order valence-electron chi connectivity index (χ0n) is 17.6. The molecule has 8 rings (SSSR count). The summed E-state index contributed by atoms with van der Waals surface area (Å²) in [6.07, 6.45) is 16.6. The first-order chi connectivity index (χ1) is 15.8. The highest BCUT2D eigenvalue weighted by atomic mass is 16.5. The fourth-order valence-electron chi connectivity index (χ4n) is 7.91. The summed E-state index contributed by atoms with van der Waals surface area (Å²) in [6, 6.07) is 30.8. The van der Waals surface area contributed by atoms with Gasteiger partial charge in [0.1, 0.15) is 11.2 Å². The molecule has 32 heavy (non-hydrogen) atoms. The van der Waals surface area contributed by atoms with Gasteiger partial charge in [-0.15, -0.1) is 0 Å². The molecule has 1 saturated heterocycles. The number of benzene rings is 3. The van der Waals surface area contributed by atoms with Crippen LogP contribution >= 0.6 is 0 Å². The number of fused-ring (bicyclic) bond motifs is 5. The van der Waals surface area contributed by atoms with E-state index in [0.29, 0.717) is 5.92 Å². The standard InChI is InChI=1S/C31H22O/c1-3-11-22(12-4-1)30-26-16-7-8-17-27(26)31(32-30,23-13-5-2-6-14-23)29-24-15-9-10-19-28(29,30)20-18-25(29)21-24/h1-21,25H/t25?,28?,29?,30-,31+/m0/s1. The van der Waals surface area contributed by atoms with Gasteiger partial charge < -0.3 is 4.74 Å². The Morgan fingerprint density at radius 2 is 1.25 bits per heavy atom. The molecule has 0 N–H and O–H groups in total. The molecule has 1 heteroatoms. The normalized spacial score (nSPS) is 38.5. The van der Waals surface area contributed by atoms with Gasteiger partial charge in [-0.1, -0.05) is 127 Å². The third-order valence-electron chi connectivity index (χ3n) is 8.77. The minimum Gasteiger partial charge on any atom is -0.347 e. The van der Waals surface area contributed by atoms with Gasteiger partial charge in [0, 0.05) is 5.92 Å². The third-order valence-corrected chi connectivity index (χ3v) is 8.77. The van der Waals surface area contributed by atoms with Crippen molar-refractivity contribution in [3.63, 3.8) is 0 Å². The molecule has 0 amide bonds. The van der Waals surface area contributed by atoms with Gasteiger partial charge in [-0.3, -0.25) is 0 Å². The van der Waals surface area contributed by atoms with Crippen LogP contribution in [0.25, 0.3) is 0 Å². The highest BCUT2D eigenvalue weighted by molar-refractivity contribution is 5.72. The van der Waals surface area contributed by atoms with Gasteiger partial charge in [-0.25, -0.2) is 0 Å². The van der Waals surface area contributed by atoms with E-state index in [1.807, 2.05) is 0 Å². The highest BCUT2D eigenvalue weighted by Crippen LogP contribution is 2.87. The van der Waals surface area contributed by atoms with Gasteiger partial charge in [-0.2, -0.15) is 0 Å². The fraction of sp³-hybridized carbons (Fsp3) is 0.161. The van der Waals surface area contributed by atoms with Crippen LogP contribution in [-0.2, 0) is 15.9 Å². The van der Waals surface area contributed by atoms with Crippen molar-refractivity contribution < 1.29 is 4.74 Å². The molecular formula is C31H22O. The molecule has 152 valence electrons. The molecule has 3 aromatic rings. The molecule has 0 aromatic heterocycles. The Bertz CT molecular complexity index is 1410. The average Bonchev–Trinajstić information content (AvgIpc) is 3.37. The Hall–Kier alpha value is -3.42. The largest absolute Gasteiger partial charge is 0.347 e. The number of hydrogen-bond acceptors (Lipinski definition) is 1. The van der Waals surface area contributed by atoms with E-state index in [2.05, 4.69) is 127 Å². The first-order valence-corrected chi connectivity index (χ1v) is 11.5. The summed E-state index contributed by atoms with van der Waals surface area (Å²) in [5.74, 6) is 0.337. The van der Waals surface area contributed by atoms with Crippen LogP contribution in [-0.4, -0.2) is 0 Å². The predicted molar refractivity (Wildman–Crippen MR) is 126 cm³/mol. The van der Waals surface area contributed by atoms with E-state index in [4.69, 9.17) is 4.74 Å². The van der Waals surface area contributed by atoms with Crippen molar-refractivity contribution in [2.45, 2.75) is 11.2 Å². The molecule has 0 saturated carbocycles. The second kappa shape index (κ2) is 5.31. The molecule has 1 fully saturated rings. The van der Waals surface area contributed by atoms with Crippen LogP contribution in [0.4, 0.5) is 0 Å². The van der Waals surface area contributed by atoms with Gasteiger partial charge in [0.15, 0.2) is 0 Å². The van der Waals surface area contributed by atoms with Crippen molar-refractivity contribution in [2.24, 2.45) is 16.7 Å². The Labute approximate surface area is 188 Å².